The number of nitrogens with one attached hydrogen (secondary N) is 1. The lowest BCUT2D eigenvalue weighted by molar-refractivity contribution is -0.148. The molecule has 0 aromatic carbocycles. The van der Waals surface area contributed by atoms with E-state index in [1.165, 1.54) is 11.4 Å². The van der Waals surface area contributed by atoms with E-state index in [1.54, 1.807) is 0 Å². The second-order valence-electron chi connectivity index (χ2n) is 4.60. The molecular formula is C13H21N3O2. The lowest BCUT2D eigenvalue weighted by atomic mass is 9.96. The molecule has 1 saturated heterocycles. The number of carbonyl (C=O) groups is 1. The van der Waals surface area contributed by atoms with E-state index in [9.17, 15) is 4.79 Å². The average Bonchev–Trinajstić information content (AvgIpc) is 2.87. The summed E-state index contributed by atoms with van der Waals surface area (Å²) in [6, 6.07) is 0. The van der Waals surface area contributed by atoms with Crippen molar-refractivity contribution in [3.8, 4) is 0 Å². The van der Waals surface area contributed by atoms with Gasteiger partial charge in [-0.1, -0.05) is 6.92 Å². The van der Waals surface area contributed by atoms with Crippen LogP contribution in [0, 0.1) is 5.92 Å². The fourth-order valence-electron chi connectivity index (χ4n) is 2.46. The minimum absolute atomic E-state index is 0.0416. The monoisotopic (exact) mass is 251 g/mol. The highest BCUT2D eigenvalue weighted by Crippen LogP contribution is 2.25. The number of hydrogen-bond donors (Lipinski definition) is 1. The highest BCUT2D eigenvalue weighted by atomic mass is 16.5. The van der Waals surface area contributed by atoms with Crippen molar-refractivity contribution >= 4 is 11.7 Å². The maximum atomic E-state index is 11.7. The van der Waals surface area contributed by atoms with E-state index in [0.717, 1.165) is 32.4 Å². The Bertz CT molecular complexity index is 395. The molecule has 18 heavy (non-hydrogen) atoms. The molecule has 1 aliphatic heterocycles. The van der Waals surface area contributed by atoms with Gasteiger partial charge >= 0.3 is 5.97 Å². The fourth-order valence-corrected chi connectivity index (χ4v) is 2.46. The number of esters is 1. The van der Waals surface area contributed by atoms with E-state index < -0.39 is 0 Å². The molecule has 0 bridgehead atoms. The summed E-state index contributed by atoms with van der Waals surface area (Å²) < 4.78 is 5.08. The van der Waals surface area contributed by atoms with E-state index in [4.69, 9.17) is 4.74 Å². The SMILES string of the molecule is CCOC(=O)C1CCN(c2cn[nH]c2CC)CC1. The van der Waals surface area contributed by atoms with Gasteiger partial charge in [0, 0.05) is 13.1 Å². The molecule has 2 rings (SSSR count). The molecule has 0 atom stereocenters. The fraction of sp³-hybridized carbons (Fsp3) is 0.692. The average molecular weight is 251 g/mol. The number of H-pyrrole nitrogens is 1. The molecule has 0 amide bonds. The van der Waals surface area contributed by atoms with Crippen molar-refractivity contribution in [2.24, 2.45) is 5.92 Å². The molecule has 1 aliphatic rings. The smallest absolute Gasteiger partial charge is 0.309 e. The Kier molecular flexibility index (Phi) is 4.23. The van der Waals surface area contributed by atoms with Gasteiger partial charge in [0.05, 0.1) is 30.1 Å². The number of aromatic nitrogens is 2. The van der Waals surface area contributed by atoms with Crippen LogP contribution in [-0.4, -0.2) is 35.9 Å². The first kappa shape index (κ1) is 12.9. The van der Waals surface area contributed by atoms with E-state index in [-0.39, 0.29) is 11.9 Å². The first-order chi connectivity index (χ1) is 8.76. The van der Waals surface area contributed by atoms with Crippen LogP contribution in [0.4, 0.5) is 5.69 Å². The predicted octanol–water partition coefficient (Wildman–Crippen LogP) is 1.75. The quantitative estimate of drug-likeness (QED) is 0.828. The summed E-state index contributed by atoms with van der Waals surface area (Å²) in [5.74, 6) is 0.0261. The maximum Gasteiger partial charge on any atom is 0.309 e. The molecule has 1 aromatic rings. The molecule has 1 N–H and O–H groups in total. The number of anilines is 1. The Morgan fingerprint density at radius 1 is 1.50 bits per heavy atom. The van der Waals surface area contributed by atoms with E-state index in [1.807, 2.05) is 13.1 Å². The van der Waals surface area contributed by atoms with Gasteiger partial charge in [0.1, 0.15) is 0 Å². The van der Waals surface area contributed by atoms with Crippen LogP contribution in [0.25, 0.3) is 0 Å². The Morgan fingerprint density at radius 3 is 2.83 bits per heavy atom. The molecule has 0 saturated carbocycles. The molecule has 0 unspecified atom stereocenters. The number of aromatic amines is 1. The number of carbonyl (C=O) groups excluding carboxylic acids is 1. The van der Waals surface area contributed by atoms with Gasteiger partial charge < -0.3 is 9.64 Å². The third-order valence-electron chi connectivity index (χ3n) is 3.50. The topological polar surface area (TPSA) is 58.2 Å². The lowest BCUT2D eigenvalue weighted by Gasteiger charge is -2.32. The van der Waals surface area contributed by atoms with Gasteiger partial charge in [0.15, 0.2) is 0 Å². The van der Waals surface area contributed by atoms with Crippen LogP contribution in [0.15, 0.2) is 6.20 Å². The zero-order chi connectivity index (χ0) is 13.0. The summed E-state index contributed by atoms with van der Waals surface area (Å²) in [5.41, 5.74) is 2.35. The third-order valence-corrected chi connectivity index (χ3v) is 3.50. The van der Waals surface area contributed by atoms with Crippen molar-refractivity contribution in [3.05, 3.63) is 11.9 Å². The van der Waals surface area contributed by atoms with Gasteiger partial charge in [-0.2, -0.15) is 5.10 Å². The summed E-state index contributed by atoms with van der Waals surface area (Å²) in [5, 5.41) is 7.12. The summed E-state index contributed by atoms with van der Waals surface area (Å²) in [7, 11) is 0. The van der Waals surface area contributed by atoms with Gasteiger partial charge in [-0.3, -0.25) is 9.89 Å². The molecule has 5 heteroatoms. The van der Waals surface area contributed by atoms with Crippen molar-refractivity contribution in [3.63, 3.8) is 0 Å². The number of hydrogen-bond acceptors (Lipinski definition) is 4. The largest absolute Gasteiger partial charge is 0.466 e. The first-order valence-corrected chi connectivity index (χ1v) is 6.70. The summed E-state index contributed by atoms with van der Waals surface area (Å²) in [6.07, 6.45) is 4.57. The van der Waals surface area contributed by atoms with E-state index in [2.05, 4.69) is 22.0 Å². The second-order valence-corrected chi connectivity index (χ2v) is 4.60. The van der Waals surface area contributed by atoms with Crippen LogP contribution in [0.1, 0.15) is 32.4 Å². The van der Waals surface area contributed by atoms with Gasteiger partial charge in [-0.15, -0.1) is 0 Å². The van der Waals surface area contributed by atoms with Crippen molar-refractivity contribution in [2.45, 2.75) is 33.1 Å². The van der Waals surface area contributed by atoms with E-state index in [0.29, 0.717) is 6.61 Å². The van der Waals surface area contributed by atoms with Crippen LogP contribution in [0.2, 0.25) is 0 Å². The normalized spacial score (nSPS) is 16.9. The summed E-state index contributed by atoms with van der Waals surface area (Å²) in [4.78, 5) is 14.0. The third kappa shape index (κ3) is 2.66. The highest BCUT2D eigenvalue weighted by Gasteiger charge is 2.27. The molecule has 2 heterocycles. The molecule has 0 radical (unpaired) electrons. The summed E-state index contributed by atoms with van der Waals surface area (Å²) in [6.45, 7) is 6.24. The molecule has 1 aromatic heterocycles. The van der Waals surface area contributed by atoms with Crippen LogP contribution in [-0.2, 0) is 16.0 Å². The van der Waals surface area contributed by atoms with Gasteiger partial charge in [-0.05, 0) is 26.2 Å². The minimum atomic E-state index is -0.0416. The van der Waals surface area contributed by atoms with Crippen LogP contribution in [0.3, 0.4) is 0 Å². The van der Waals surface area contributed by atoms with Crippen LogP contribution < -0.4 is 4.90 Å². The first-order valence-electron chi connectivity index (χ1n) is 6.70. The highest BCUT2D eigenvalue weighted by molar-refractivity contribution is 5.73. The van der Waals surface area contributed by atoms with E-state index >= 15 is 0 Å². The zero-order valence-electron chi connectivity index (χ0n) is 11.1. The van der Waals surface area contributed by atoms with Crippen molar-refractivity contribution in [1.82, 2.24) is 10.2 Å². The second kappa shape index (κ2) is 5.89. The van der Waals surface area contributed by atoms with Crippen molar-refractivity contribution in [2.75, 3.05) is 24.6 Å². The predicted molar refractivity (Wildman–Crippen MR) is 69.5 cm³/mol. The molecule has 100 valence electrons. The summed E-state index contributed by atoms with van der Waals surface area (Å²) >= 11 is 0. The van der Waals surface area contributed by atoms with Gasteiger partial charge in [0.25, 0.3) is 0 Å². The number of rotatable bonds is 4. The maximum absolute atomic E-state index is 11.7. The number of nitrogens with zero attached hydrogens (tertiary/aromatic N) is 2. The Morgan fingerprint density at radius 2 is 2.22 bits per heavy atom. The standard InChI is InChI=1S/C13H21N3O2/c1-3-11-12(9-14-15-11)16-7-5-10(6-8-16)13(17)18-4-2/h9-10H,3-8H2,1-2H3,(H,14,15). The van der Waals surface area contributed by atoms with Crippen molar-refractivity contribution < 1.29 is 9.53 Å². The van der Waals surface area contributed by atoms with Crippen LogP contribution >= 0.6 is 0 Å². The number of aryl methyl sites for hydroxylation is 1. The molecule has 5 nitrogen and oxygen atoms in total. The lowest BCUT2D eigenvalue weighted by Crippen LogP contribution is -2.37. The Hall–Kier alpha value is -1.52. The molecule has 0 spiro atoms. The zero-order valence-corrected chi connectivity index (χ0v) is 11.1. The van der Waals surface area contributed by atoms with Gasteiger partial charge in [0.2, 0.25) is 0 Å². The number of ether oxygens (including phenoxy) is 1. The Labute approximate surface area is 108 Å². The molecular weight excluding hydrogens is 230 g/mol. The van der Waals surface area contributed by atoms with Crippen LogP contribution in [0.5, 0.6) is 0 Å². The molecule has 1 fully saturated rings. The minimum Gasteiger partial charge on any atom is -0.466 e. The molecule has 0 aliphatic carbocycles. The Balaban J connectivity index is 1.92. The van der Waals surface area contributed by atoms with Crippen molar-refractivity contribution in [1.29, 1.82) is 0 Å². The van der Waals surface area contributed by atoms with Gasteiger partial charge in [-0.25, -0.2) is 0 Å². The number of piperidine rings is 1.